The molecule has 1 fully saturated rings. The molecule has 1 aromatic carbocycles. The molecule has 194 valence electrons. The predicted octanol–water partition coefficient (Wildman–Crippen LogP) is 2.33. The molecule has 3 N–H and O–H groups in total. The first-order valence-corrected chi connectivity index (χ1v) is 13.2. The summed E-state index contributed by atoms with van der Waals surface area (Å²) in [7, 11) is -1.74. The molecule has 0 bridgehead atoms. The Morgan fingerprint density at radius 3 is 2.58 bits per heavy atom. The van der Waals surface area contributed by atoms with Crippen molar-refractivity contribution >= 4 is 16.0 Å². The highest BCUT2D eigenvalue weighted by atomic mass is 32.2. The number of sulfonamides is 1. The molecule has 36 heavy (non-hydrogen) atoms. The molecule has 1 saturated heterocycles. The van der Waals surface area contributed by atoms with Crippen molar-refractivity contribution in [3.8, 4) is 22.6 Å². The Balaban J connectivity index is 1.59. The van der Waals surface area contributed by atoms with Gasteiger partial charge in [-0.05, 0) is 37.3 Å². The van der Waals surface area contributed by atoms with Crippen LogP contribution in [-0.2, 0) is 24.2 Å². The second-order valence-corrected chi connectivity index (χ2v) is 10.3. The van der Waals surface area contributed by atoms with Gasteiger partial charge < -0.3 is 24.5 Å². The lowest BCUT2D eigenvalue weighted by Gasteiger charge is -2.31. The van der Waals surface area contributed by atoms with Crippen molar-refractivity contribution in [1.29, 1.82) is 0 Å². The number of halogens is 1. The molecule has 1 atom stereocenters. The van der Waals surface area contributed by atoms with Crippen molar-refractivity contribution in [3.05, 3.63) is 48.2 Å². The highest BCUT2D eigenvalue weighted by Crippen LogP contribution is 2.33. The maximum atomic E-state index is 13.6. The first kappa shape index (κ1) is 26.1. The van der Waals surface area contributed by atoms with Gasteiger partial charge in [-0.3, -0.25) is 0 Å². The van der Waals surface area contributed by atoms with Gasteiger partial charge in [0.25, 0.3) is 0 Å². The second kappa shape index (κ2) is 11.4. The zero-order valence-electron chi connectivity index (χ0n) is 20.2. The van der Waals surface area contributed by atoms with Crippen molar-refractivity contribution in [3.63, 3.8) is 0 Å². The summed E-state index contributed by atoms with van der Waals surface area (Å²) in [6.45, 7) is 3.35. The number of benzene rings is 1. The SMILES string of the molecule is COCCNc1nccc(-c2[nH]c(C3OCC(C(C)NS(C)(=O)=O)CO3)nc2-c2ccc(F)cc2)n1. The highest BCUT2D eigenvalue weighted by Gasteiger charge is 2.31. The van der Waals surface area contributed by atoms with E-state index in [9.17, 15) is 12.8 Å². The lowest BCUT2D eigenvalue weighted by molar-refractivity contribution is -0.211. The minimum Gasteiger partial charge on any atom is -0.383 e. The summed E-state index contributed by atoms with van der Waals surface area (Å²) >= 11 is 0. The van der Waals surface area contributed by atoms with Gasteiger partial charge in [0.15, 0.2) is 5.82 Å². The molecule has 0 aliphatic carbocycles. The van der Waals surface area contributed by atoms with E-state index in [4.69, 9.17) is 19.2 Å². The molecule has 4 rings (SSSR count). The molecule has 0 radical (unpaired) electrons. The van der Waals surface area contributed by atoms with Gasteiger partial charge in [0.05, 0.1) is 43.2 Å². The number of nitrogens with one attached hydrogen (secondary N) is 3. The van der Waals surface area contributed by atoms with Crippen LogP contribution >= 0.6 is 0 Å². The molecule has 3 heterocycles. The third kappa shape index (κ3) is 6.62. The number of nitrogens with zero attached hydrogens (tertiary/aromatic N) is 3. The zero-order chi connectivity index (χ0) is 25.7. The van der Waals surface area contributed by atoms with Gasteiger partial charge in [0, 0.05) is 37.4 Å². The summed E-state index contributed by atoms with van der Waals surface area (Å²) < 4.78 is 56.1. The Bertz CT molecular complexity index is 1260. The van der Waals surface area contributed by atoms with Gasteiger partial charge in [0.2, 0.25) is 22.3 Å². The van der Waals surface area contributed by atoms with E-state index in [1.165, 1.54) is 12.1 Å². The Morgan fingerprint density at radius 1 is 1.19 bits per heavy atom. The highest BCUT2D eigenvalue weighted by molar-refractivity contribution is 7.88. The monoisotopic (exact) mass is 520 g/mol. The fourth-order valence-corrected chi connectivity index (χ4v) is 4.62. The van der Waals surface area contributed by atoms with Crippen molar-refractivity contribution < 1.29 is 27.0 Å². The van der Waals surface area contributed by atoms with Gasteiger partial charge in [-0.25, -0.2) is 32.5 Å². The van der Waals surface area contributed by atoms with Gasteiger partial charge >= 0.3 is 0 Å². The molecule has 1 aliphatic heterocycles. The molecule has 2 aromatic heterocycles. The van der Waals surface area contributed by atoms with Crippen LogP contribution in [0.25, 0.3) is 22.6 Å². The van der Waals surface area contributed by atoms with Gasteiger partial charge in [-0.1, -0.05) is 0 Å². The molecule has 0 amide bonds. The smallest absolute Gasteiger partial charge is 0.223 e. The molecule has 3 aromatic rings. The average molecular weight is 521 g/mol. The number of aromatic amines is 1. The minimum absolute atomic E-state index is 0.162. The number of hydrogen-bond donors (Lipinski definition) is 3. The van der Waals surface area contributed by atoms with E-state index in [1.807, 2.05) is 0 Å². The van der Waals surface area contributed by atoms with E-state index in [1.54, 1.807) is 38.4 Å². The fourth-order valence-electron chi connectivity index (χ4n) is 3.75. The number of hydrogen-bond acceptors (Lipinski definition) is 9. The number of H-pyrrole nitrogens is 1. The van der Waals surface area contributed by atoms with Crippen LogP contribution in [0.4, 0.5) is 10.3 Å². The molecular weight excluding hydrogens is 491 g/mol. The van der Waals surface area contributed by atoms with Crippen LogP contribution in [0.2, 0.25) is 0 Å². The molecule has 1 aliphatic rings. The van der Waals surface area contributed by atoms with Crippen LogP contribution in [0.3, 0.4) is 0 Å². The number of rotatable bonds is 10. The topological polar surface area (TPSA) is 140 Å². The van der Waals surface area contributed by atoms with E-state index >= 15 is 0 Å². The van der Waals surface area contributed by atoms with Crippen molar-refractivity contribution in [2.75, 3.05) is 45.0 Å². The predicted molar refractivity (Wildman–Crippen MR) is 131 cm³/mol. The quantitative estimate of drug-likeness (QED) is 0.344. The molecule has 0 spiro atoms. The van der Waals surface area contributed by atoms with E-state index in [0.717, 1.165) is 6.26 Å². The van der Waals surface area contributed by atoms with Crippen molar-refractivity contribution in [1.82, 2.24) is 24.7 Å². The average Bonchev–Trinajstić information content (AvgIpc) is 3.29. The Labute approximate surface area is 208 Å². The summed E-state index contributed by atoms with van der Waals surface area (Å²) in [5.41, 5.74) is 2.40. The summed E-state index contributed by atoms with van der Waals surface area (Å²) in [5.74, 6) is 0.319. The van der Waals surface area contributed by atoms with Crippen LogP contribution < -0.4 is 10.0 Å². The molecular formula is C23H29FN6O5S. The number of anilines is 1. The van der Waals surface area contributed by atoms with E-state index < -0.39 is 16.3 Å². The maximum absolute atomic E-state index is 13.6. The van der Waals surface area contributed by atoms with Crippen LogP contribution in [0, 0.1) is 11.7 Å². The van der Waals surface area contributed by atoms with Crippen LogP contribution in [0.5, 0.6) is 0 Å². The fraction of sp³-hybridized carbons (Fsp3) is 0.435. The largest absolute Gasteiger partial charge is 0.383 e. The Kier molecular flexibility index (Phi) is 8.26. The second-order valence-electron chi connectivity index (χ2n) is 8.47. The first-order chi connectivity index (χ1) is 17.2. The third-order valence-corrected chi connectivity index (χ3v) is 6.39. The van der Waals surface area contributed by atoms with Crippen LogP contribution in [0.15, 0.2) is 36.5 Å². The Hall–Kier alpha value is -2.97. The number of methoxy groups -OCH3 is 1. The normalized spacial score (nSPS) is 19.2. The number of imidazole rings is 1. The van der Waals surface area contributed by atoms with Crippen molar-refractivity contribution in [2.24, 2.45) is 5.92 Å². The lowest BCUT2D eigenvalue weighted by Crippen LogP contribution is -2.43. The summed E-state index contributed by atoms with van der Waals surface area (Å²) in [6.07, 6.45) is 1.95. The molecule has 11 nitrogen and oxygen atoms in total. The van der Waals surface area contributed by atoms with Gasteiger partial charge in [-0.2, -0.15) is 0 Å². The molecule has 1 unspecified atom stereocenters. The van der Waals surface area contributed by atoms with E-state index in [0.29, 0.717) is 47.6 Å². The standard InChI is InChI=1S/C23H29FN6O5S/c1-14(30-36(3,31)32)16-12-34-22(35-13-16)21-28-19(15-4-6-17(24)7-5-15)20(29-21)18-8-9-25-23(27-18)26-10-11-33-2/h4-9,14,16,22,30H,10-13H2,1-3H3,(H,28,29)(H,25,26,27). The third-order valence-electron chi connectivity index (χ3n) is 5.59. The Morgan fingerprint density at radius 2 is 1.92 bits per heavy atom. The summed E-state index contributed by atoms with van der Waals surface area (Å²) in [6, 6.07) is 7.37. The van der Waals surface area contributed by atoms with Crippen LogP contribution in [0.1, 0.15) is 19.0 Å². The number of ether oxygens (including phenoxy) is 3. The van der Waals surface area contributed by atoms with Crippen molar-refractivity contribution in [2.45, 2.75) is 19.3 Å². The first-order valence-electron chi connectivity index (χ1n) is 11.4. The van der Waals surface area contributed by atoms with Crippen LogP contribution in [-0.4, -0.2) is 74.1 Å². The zero-order valence-corrected chi connectivity index (χ0v) is 21.0. The molecule has 0 saturated carbocycles. The van der Waals surface area contributed by atoms with E-state index in [2.05, 4.69) is 25.0 Å². The minimum atomic E-state index is -3.35. The van der Waals surface area contributed by atoms with E-state index in [-0.39, 0.29) is 31.0 Å². The van der Waals surface area contributed by atoms with Gasteiger partial charge in [0.1, 0.15) is 5.82 Å². The lowest BCUT2D eigenvalue weighted by atomic mass is 10.0. The summed E-state index contributed by atoms with van der Waals surface area (Å²) in [5, 5.41) is 3.09. The molecule has 13 heteroatoms. The summed E-state index contributed by atoms with van der Waals surface area (Å²) in [4.78, 5) is 16.8. The van der Waals surface area contributed by atoms with Gasteiger partial charge in [-0.15, -0.1) is 0 Å². The number of aromatic nitrogens is 4. The maximum Gasteiger partial charge on any atom is 0.223 e.